The van der Waals surface area contributed by atoms with Crippen LogP contribution in [0.4, 0.5) is 0 Å². The minimum absolute atomic E-state index is 0.0758. The van der Waals surface area contributed by atoms with Crippen LogP contribution in [-0.4, -0.2) is 30.9 Å². The van der Waals surface area contributed by atoms with Gasteiger partial charge in [0.25, 0.3) is 0 Å². The van der Waals surface area contributed by atoms with Gasteiger partial charge in [-0.1, -0.05) is 19.8 Å². The lowest BCUT2D eigenvalue weighted by atomic mass is 9.78. The molecule has 128 valence electrons. The fourth-order valence-electron chi connectivity index (χ4n) is 2.64. The maximum absolute atomic E-state index is 12.0. The molecule has 0 bridgehead atoms. The first-order valence-corrected chi connectivity index (χ1v) is 8.61. The third kappa shape index (κ3) is 4.48. The normalized spacial score (nSPS) is 22.4. The summed E-state index contributed by atoms with van der Waals surface area (Å²) in [6.45, 7) is 14.6. The number of esters is 1. The van der Waals surface area contributed by atoms with Crippen LogP contribution in [0, 0.1) is 5.41 Å². The van der Waals surface area contributed by atoms with E-state index in [1.54, 1.807) is 0 Å². The van der Waals surface area contributed by atoms with Crippen LogP contribution in [0.25, 0.3) is 0 Å². The molecule has 1 unspecified atom stereocenters. The van der Waals surface area contributed by atoms with Crippen molar-refractivity contribution < 1.29 is 18.8 Å². The molecule has 1 aliphatic rings. The Morgan fingerprint density at radius 1 is 1.09 bits per heavy atom. The molecule has 1 atom stereocenters. The smallest absolute Gasteiger partial charge is 0.457 e. The monoisotopic (exact) mass is 312 g/mol. The van der Waals surface area contributed by atoms with Gasteiger partial charge in [0.15, 0.2) is 0 Å². The van der Waals surface area contributed by atoms with Crippen LogP contribution in [0.3, 0.4) is 0 Å². The maximum Gasteiger partial charge on any atom is 0.457 e. The lowest BCUT2D eigenvalue weighted by molar-refractivity contribution is -0.155. The molecule has 0 aromatic carbocycles. The molecular formula is C17H33BO4. The number of ether oxygens (including phenoxy) is 1. The highest BCUT2D eigenvalue weighted by Gasteiger charge is 2.50. The van der Waals surface area contributed by atoms with Gasteiger partial charge in [-0.25, -0.2) is 0 Å². The van der Waals surface area contributed by atoms with Crippen molar-refractivity contribution in [1.29, 1.82) is 0 Å². The third-order valence-corrected chi connectivity index (χ3v) is 5.27. The van der Waals surface area contributed by atoms with Crippen molar-refractivity contribution in [2.75, 3.05) is 6.61 Å². The second-order valence-electron chi connectivity index (χ2n) is 7.57. The van der Waals surface area contributed by atoms with E-state index < -0.39 is 0 Å². The Kier molecular flexibility index (Phi) is 6.52. The van der Waals surface area contributed by atoms with E-state index in [-0.39, 0.29) is 29.7 Å². The van der Waals surface area contributed by atoms with Crippen molar-refractivity contribution >= 4 is 13.1 Å². The zero-order chi connectivity index (χ0) is 17.0. The molecule has 5 heteroatoms. The summed E-state index contributed by atoms with van der Waals surface area (Å²) in [4.78, 5) is 12.0. The molecule has 0 spiro atoms. The summed E-state index contributed by atoms with van der Waals surface area (Å²) < 4.78 is 17.2. The van der Waals surface area contributed by atoms with E-state index in [9.17, 15) is 4.79 Å². The van der Waals surface area contributed by atoms with Gasteiger partial charge in [-0.3, -0.25) is 4.79 Å². The molecule has 1 fully saturated rings. The Morgan fingerprint density at radius 3 is 2.09 bits per heavy atom. The number of rotatable bonds is 8. The van der Waals surface area contributed by atoms with E-state index >= 15 is 0 Å². The quantitative estimate of drug-likeness (QED) is 0.382. The van der Waals surface area contributed by atoms with Gasteiger partial charge in [-0.05, 0) is 60.7 Å². The van der Waals surface area contributed by atoms with E-state index in [0.29, 0.717) is 6.61 Å². The Bertz CT molecular complexity index is 365. The van der Waals surface area contributed by atoms with Crippen LogP contribution in [-0.2, 0) is 18.8 Å². The van der Waals surface area contributed by atoms with Gasteiger partial charge in [0, 0.05) is 0 Å². The van der Waals surface area contributed by atoms with E-state index in [1.165, 1.54) is 0 Å². The Labute approximate surface area is 136 Å². The summed E-state index contributed by atoms with van der Waals surface area (Å²) >= 11 is 0. The minimum atomic E-state index is -0.369. The molecule has 0 aromatic heterocycles. The highest BCUT2D eigenvalue weighted by molar-refractivity contribution is 6.45. The molecule has 4 nitrogen and oxygen atoms in total. The van der Waals surface area contributed by atoms with Crippen molar-refractivity contribution in [3.63, 3.8) is 0 Å². The molecule has 0 saturated carbocycles. The number of carbonyl (C=O) groups excluding carboxylic acids is 1. The van der Waals surface area contributed by atoms with Crippen LogP contribution < -0.4 is 0 Å². The Morgan fingerprint density at radius 2 is 1.64 bits per heavy atom. The fraction of sp³-hybridized carbons (Fsp3) is 0.941. The van der Waals surface area contributed by atoms with Gasteiger partial charge in [0.1, 0.15) is 0 Å². The van der Waals surface area contributed by atoms with Gasteiger partial charge in [0.05, 0.1) is 23.2 Å². The summed E-state index contributed by atoms with van der Waals surface area (Å²) in [5.41, 5.74) is -0.896. The number of carbonyl (C=O) groups is 1. The molecular weight excluding hydrogens is 279 g/mol. The largest absolute Gasteiger partial charge is 0.466 e. The van der Waals surface area contributed by atoms with E-state index in [0.717, 1.165) is 32.0 Å². The van der Waals surface area contributed by atoms with Gasteiger partial charge in [0.2, 0.25) is 0 Å². The molecule has 1 aliphatic heterocycles. The minimum Gasteiger partial charge on any atom is -0.466 e. The van der Waals surface area contributed by atoms with Crippen LogP contribution >= 0.6 is 0 Å². The van der Waals surface area contributed by atoms with Gasteiger partial charge in [-0.15, -0.1) is 0 Å². The first-order valence-electron chi connectivity index (χ1n) is 8.61. The highest BCUT2D eigenvalue weighted by Crippen LogP contribution is 2.38. The second kappa shape index (κ2) is 7.35. The van der Waals surface area contributed by atoms with E-state index in [2.05, 4.69) is 27.7 Å². The SMILES string of the molecule is CCOC(=O)C(C)(CC)CCCCB1OC(C)(C)C(C)(C)O1. The van der Waals surface area contributed by atoms with Crippen LogP contribution in [0.1, 0.15) is 74.1 Å². The van der Waals surface area contributed by atoms with Gasteiger partial charge in [-0.2, -0.15) is 0 Å². The summed E-state index contributed by atoms with van der Waals surface area (Å²) in [6.07, 6.45) is 4.50. The molecule has 1 heterocycles. The molecule has 1 saturated heterocycles. The molecule has 0 amide bonds. The maximum atomic E-state index is 12.0. The molecule has 0 aromatic rings. The van der Waals surface area contributed by atoms with Crippen LogP contribution in [0.2, 0.25) is 6.32 Å². The predicted octanol–water partition coefficient (Wildman–Crippen LogP) is 4.23. The summed E-state index contributed by atoms with van der Waals surface area (Å²) in [5.74, 6) is -0.0758. The predicted molar refractivity (Wildman–Crippen MR) is 89.8 cm³/mol. The molecule has 22 heavy (non-hydrogen) atoms. The fourth-order valence-corrected chi connectivity index (χ4v) is 2.64. The number of hydrogen-bond donors (Lipinski definition) is 0. The second-order valence-corrected chi connectivity index (χ2v) is 7.57. The van der Waals surface area contributed by atoms with Crippen molar-refractivity contribution in [2.45, 2.75) is 91.7 Å². The molecule has 0 N–H and O–H groups in total. The zero-order valence-electron chi connectivity index (χ0n) is 15.5. The molecule has 0 aliphatic carbocycles. The van der Waals surface area contributed by atoms with Gasteiger partial charge >= 0.3 is 13.1 Å². The van der Waals surface area contributed by atoms with Crippen LogP contribution in [0.5, 0.6) is 0 Å². The van der Waals surface area contributed by atoms with E-state index in [4.69, 9.17) is 14.0 Å². The van der Waals surface area contributed by atoms with Crippen molar-refractivity contribution in [3.8, 4) is 0 Å². The van der Waals surface area contributed by atoms with E-state index in [1.807, 2.05) is 20.8 Å². The average Bonchev–Trinajstić information content (AvgIpc) is 2.63. The summed E-state index contributed by atoms with van der Waals surface area (Å²) in [7, 11) is -0.138. The lowest BCUT2D eigenvalue weighted by Gasteiger charge is -2.32. The molecule has 1 rings (SSSR count). The average molecular weight is 312 g/mol. The van der Waals surface area contributed by atoms with Gasteiger partial charge < -0.3 is 14.0 Å². The lowest BCUT2D eigenvalue weighted by Crippen LogP contribution is -2.41. The third-order valence-electron chi connectivity index (χ3n) is 5.27. The Hall–Kier alpha value is -0.545. The Balaban J connectivity index is 2.38. The van der Waals surface area contributed by atoms with Crippen molar-refractivity contribution in [2.24, 2.45) is 5.41 Å². The van der Waals surface area contributed by atoms with Crippen molar-refractivity contribution in [1.82, 2.24) is 0 Å². The zero-order valence-corrected chi connectivity index (χ0v) is 15.5. The first kappa shape index (κ1) is 19.5. The number of hydrogen-bond acceptors (Lipinski definition) is 4. The topological polar surface area (TPSA) is 44.8 Å². The summed E-state index contributed by atoms with van der Waals surface area (Å²) in [6, 6.07) is 0. The van der Waals surface area contributed by atoms with Crippen LogP contribution in [0.15, 0.2) is 0 Å². The molecule has 0 radical (unpaired) electrons. The standard InChI is InChI=1S/C17H33BO4/c1-8-17(7,14(19)20-9-2)12-10-11-13-18-21-15(3,4)16(5,6)22-18/h8-13H2,1-7H3. The highest BCUT2D eigenvalue weighted by atomic mass is 16.7. The summed E-state index contributed by atoms with van der Waals surface area (Å²) in [5, 5.41) is 0. The van der Waals surface area contributed by atoms with Crippen molar-refractivity contribution in [3.05, 3.63) is 0 Å². The number of unbranched alkanes of at least 4 members (excludes halogenated alkanes) is 1. The first-order chi connectivity index (χ1) is 10.1.